The Labute approximate surface area is 162 Å². The normalized spacial score (nSPS) is 11.7. The van der Waals surface area contributed by atoms with Crippen molar-refractivity contribution in [3.8, 4) is 0 Å². The third-order valence-corrected chi connectivity index (χ3v) is 6.64. The number of rotatable bonds is 6. The van der Waals surface area contributed by atoms with E-state index in [1.165, 1.54) is 24.3 Å². The lowest BCUT2D eigenvalue weighted by Crippen LogP contribution is -2.14. The van der Waals surface area contributed by atoms with Gasteiger partial charge in [0, 0.05) is 17.5 Å². The molecule has 5 nitrogen and oxygen atoms in total. The Kier molecular flexibility index (Phi) is 5.73. The number of hydrogen-bond donors (Lipinski definition) is 1. The molecule has 3 aromatic rings. The topological polar surface area (TPSA) is 76.1 Å². The highest BCUT2D eigenvalue weighted by atomic mass is 35.5. The van der Waals surface area contributed by atoms with Crippen molar-refractivity contribution in [3.05, 3.63) is 53.1 Å². The van der Waals surface area contributed by atoms with E-state index in [1.54, 1.807) is 0 Å². The highest BCUT2D eigenvalue weighted by molar-refractivity contribution is 7.91. The van der Waals surface area contributed by atoms with Crippen LogP contribution in [0.5, 0.6) is 0 Å². The first-order valence-electron chi connectivity index (χ1n) is 7.78. The van der Waals surface area contributed by atoms with Gasteiger partial charge in [-0.2, -0.15) is 0 Å². The summed E-state index contributed by atoms with van der Waals surface area (Å²) >= 11 is 6.67. The summed E-state index contributed by atoms with van der Waals surface area (Å²) in [5, 5.41) is 3.03. The summed E-state index contributed by atoms with van der Waals surface area (Å²) in [6.07, 6.45) is 0.0459. The Morgan fingerprint density at radius 3 is 2.59 bits per heavy atom. The summed E-state index contributed by atoms with van der Waals surface area (Å²) in [5.41, 5.74) is -0.0259. The molecule has 3 rings (SSSR count). The van der Waals surface area contributed by atoms with Crippen LogP contribution < -0.4 is 5.32 Å². The van der Waals surface area contributed by atoms with Crippen LogP contribution in [-0.4, -0.2) is 25.1 Å². The number of sulfone groups is 1. The number of nitrogens with zero attached hydrogens (tertiary/aromatic N) is 1. The smallest absolute Gasteiger partial charge is 0.226 e. The summed E-state index contributed by atoms with van der Waals surface area (Å²) < 4.78 is 51.5. The van der Waals surface area contributed by atoms with Crippen LogP contribution in [0.4, 0.5) is 13.9 Å². The largest absolute Gasteiger partial charge is 0.302 e. The molecule has 0 aliphatic carbocycles. The second-order valence-electron chi connectivity index (χ2n) is 5.68. The fourth-order valence-corrected chi connectivity index (χ4v) is 4.73. The third kappa shape index (κ3) is 4.79. The first-order valence-corrected chi connectivity index (χ1v) is 10.6. The van der Waals surface area contributed by atoms with Crippen molar-refractivity contribution in [2.24, 2.45) is 0 Å². The molecule has 0 aliphatic heterocycles. The summed E-state index contributed by atoms with van der Waals surface area (Å²) in [6, 6.07) is 7.63. The van der Waals surface area contributed by atoms with E-state index in [4.69, 9.17) is 11.6 Å². The standard InChI is InChI=1S/C17H13ClF2N2O3S2/c18-10-3-5-12(6-4-10)27(24,25)7-1-2-15(23)21-17-22-16-13(20)8-11(19)9-14(16)26-17/h3-6,8-9H,1-2,7H2,(H,21,22,23). The first kappa shape index (κ1) is 19.7. The average molecular weight is 431 g/mol. The average Bonchev–Trinajstić information content (AvgIpc) is 2.97. The number of benzene rings is 2. The van der Waals surface area contributed by atoms with Gasteiger partial charge in [-0.1, -0.05) is 22.9 Å². The molecule has 0 saturated carbocycles. The summed E-state index contributed by atoms with van der Waals surface area (Å²) in [7, 11) is -3.52. The number of carbonyl (C=O) groups excluding carboxylic acids is 1. The molecule has 10 heteroatoms. The Bertz CT molecular complexity index is 1100. The van der Waals surface area contributed by atoms with Crippen LogP contribution in [0.15, 0.2) is 41.3 Å². The van der Waals surface area contributed by atoms with Gasteiger partial charge in [-0.05, 0) is 36.8 Å². The zero-order valence-electron chi connectivity index (χ0n) is 13.7. The first-order chi connectivity index (χ1) is 12.7. The SMILES string of the molecule is O=C(CCCS(=O)(=O)c1ccc(Cl)cc1)Nc1nc2c(F)cc(F)cc2s1. The van der Waals surface area contributed by atoms with Crippen LogP contribution in [0, 0.1) is 11.6 Å². The van der Waals surface area contributed by atoms with Gasteiger partial charge in [0.2, 0.25) is 5.91 Å². The molecule has 2 aromatic carbocycles. The van der Waals surface area contributed by atoms with Crippen LogP contribution in [0.3, 0.4) is 0 Å². The maximum absolute atomic E-state index is 13.6. The van der Waals surface area contributed by atoms with Crippen molar-refractivity contribution in [1.82, 2.24) is 4.98 Å². The molecule has 0 atom stereocenters. The van der Waals surface area contributed by atoms with E-state index in [0.29, 0.717) is 5.02 Å². The number of carbonyl (C=O) groups is 1. The van der Waals surface area contributed by atoms with Gasteiger partial charge in [0.15, 0.2) is 20.8 Å². The predicted octanol–water partition coefficient (Wildman–Crippen LogP) is 4.42. The zero-order valence-corrected chi connectivity index (χ0v) is 16.1. The lowest BCUT2D eigenvalue weighted by Gasteiger charge is -2.05. The molecule has 0 spiro atoms. The lowest BCUT2D eigenvalue weighted by molar-refractivity contribution is -0.116. The van der Waals surface area contributed by atoms with Crippen LogP contribution >= 0.6 is 22.9 Å². The van der Waals surface area contributed by atoms with Gasteiger partial charge in [-0.15, -0.1) is 0 Å². The minimum atomic E-state index is -3.52. The van der Waals surface area contributed by atoms with Gasteiger partial charge < -0.3 is 5.32 Å². The van der Waals surface area contributed by atoms with E-state index in [-0.39, 0.29) is 38.8 Å². The Morgan fingerprint density at radius 1 is 1.19 bits per heavy atom. The molecule has 27 heavy (non-hydrogen) atoms. The molecule has 142 valence electrons. The molecule has 0 fully saturated rings. The third-order valence-electron chi connectivity index (χ3n) is 3.65. The molecule has 1 amide bonds. The molecule has 1 aromatic heterocycles. The quantitative estimate of drug-likeness (QED) is 0.628. The second-order valence-corrected chi connectivity index (χ2v) is 9.25. The van der Waals surface area contributed by atoms with Crippen molar-refractivity contribution in [2.45, 2.75) is 17.7 Å². The Balaban J connectivity index is 1.58. The molecule has 1 N–H and O–H groups in total. The monoisotopic (exact) mass is 430 g/mol. The maximum Gasteiger partial charge on any atom is 0.226 e. The van der Waals surface area contributed by atoms with E-state index in [2.05, 4.69) is 10.3 Å². The number of amides is 1. The second kappa shape index (κ2) is 7.87. The Morgan fingerprint density at radius 2 is 1.89 bits per heavy atom. The highest BCUT2D eigenvalue weighted by Gasteiger charge is 2.16. The molecular weight excluding hydrogens is 418 g/mol. The van der Waals surface area contributed by atoms with E-state index in [9.17, 15) is 22.0 Å². The van der Waals surface area contributed by atoms with Crippen molar-refractivity contribution < 1.29 is 22.0 Å². The predicted molar refractivity (Wildman–Crippen MR) is 101 cm³/mol. The van der Waals surface area contributed by atoms with E-state index < -0.39 is 27.4 Å². The molecule has 0 bridgehead atoms. The fraction of sp³-hybridized carbons (Fsp3) is 0.176. The van der Waals surface area contributed by atoms with Gasteiger partial charge in [-0.25, -0.2) is 22.2 Å². The minimum absolute atomic E-state index is 0.0259. The minimum Gasteiger partial charge on any atom is -0.302 e. The number of nitrogens with one attached hydrogen (secondary N) is 1. The molecule has 0 radical (unpaired) electrons. The summed E-state index contributed by atoms with van der Waals surface area (Å²) in [5.74, 6) is -2.20. The maximum atomic E-state index is 13.6. The van der Waals surface area contributed by atoms with Crippen molar-refractivity contribution in [2.75, 3.05) is 11.1 Å². The summed E-state index contributed by atoms with van der Waals surface area (Å²) in [6.45, 7) is 0. The fourth-order valence-electron chi connectivity index (χ4n) is 2.37. The van der Waals surface area contributed by atoms with Crippen LogP contribution in [0.1, 0.15) is 12.8 Å². The molecular formula is C17H13ClF2N2O3S2. The van der Waals surface area contributed by atoms with Crippen molar-refractivity contribution >= 4 is 54.0 Å². The number of thiazole rings is 1. The molecule has 0 saturated heterocycles. The van der Waals surface area contributed by atoms with Crippen molar-refractivity contribution in [3.63, 3.8) is 0 Å². The van der Waals surface area contributed by atoms with E-state index >= 15 is 0 Å². The summed E-state index contributed by atoms with van der Waals surface area (Å²) in [4.78, 5) is 16.0. The highest BCUT2D eigenvalue weighted by Crippen LogP contribution is 2.28. The van der Waals surface area contributed by atoms with Crippen LogP contribution in [0.2, 0.25) is 5.02 Å². The number of hydrogen-bond acceptors (Lipinski definition) is 5. The lowest BCUT2D eigenvalue weighted by atomic mass is 10.3. The van der Waals surface area contributed by atoms with Crippen LogP contribution in [0.25, 0.3) is 10.2 Å². The van der Waals surface area contributed by atoms with E-state index in [1.807, 2.05) is 0 Å². The number of fused-ring (bicyclic) bond motifs is 1. The molecule has 1 heterocycles. The van der Waals surface area contributed by atoms with E-state index in [0.717, 1.165) is 23.5 Å². The zero-order chi connectivity index (χ0) is 19.6. The van der Waals surface area contributed by atoms with Gasteiger partial charge in [0.1, 0.15) is 11.3 Å². The molecule has 0 unspecified atom stereocenters. The number of aromatic nitrogens is 1. The molecule has 0 aliphatic rings. The number of anilines is 1. The number of halogens is 3. The van der Waals surface area contributed by atoms with Gasteiger partial charge in [-0.3, -0.25) is 4.79 Å². The van der Waals surface area contributed by atoms with Gasteiger partial charge in [0.05, 0.1) is 15.3 Å². The van der Waals surface area contributed by atoms with Crippen LogP contribution in [-0.2, 0) is 14.6 Å². The Hall–Kier alpha value is -2.10. The van der Waals surface area contributed by atoms with Gasteiger partial charge in [0.25, 0.3) is 0 Å². The van der Waals surface area contributed by atoms with Crippen molar-refractivity contribution in [1.29, 1.82) is 0 Å². The van der Waals surface area contributed by atoms with Gasteiger partial charge >= 0.3 is 0 Å².